The van der Waals surface area contributed by atoms with Crippen LogP contribution in [0.2, 0.25) is 0 Å². The summed E-state index contributed by atoms with van der Waals surface area (Å²) in [5.41, 5.74) is 0. The Morgan fingerprint density at radius 3 is 2.88 bits per heavy atom. The van der Waals surface area contributed by atoms with E-state index in [-0.39, 0.29) is 12.1 Å². The molecule has 0 bridgehead atoms. The molecule has 1 unspecified atom stereocenters. The van der Waals surface area contributed by atoms with Crippen LogP contribution in [0, 0.1) is 12.8 Å². The number of aliphatic hydroxyl groups is 1. The summed E-state index contributed by atoms with van der Waals surface area (Å²) in [6.45, 7) is 2.78. The molecule has 7 nitrogen and oxygen atoms in total. The first-order valence-corrected chi connectivity index (χ1v) is 8.58. The molecule has 3 aromatic rings. The van der Waals surface area contributed by atoms with E-state index in [1.807, 2.05) is 52.8 Å². The van der Waals surface area contributed by atoms with Gasteiger partial charge in [-0.05, 0) is 43.9 Å². The summed E-state index contributed by atoms with van der Waals surface area (Å²) in [5, 5.41) is 18.1. The first-order chi connectivity index (χ1) is 12.2. The molecule has 4 rings (SSSR count). The topological polar surface area (TPSA) is 80.8 Å². The average molecular weight is 338 g/mol. The van der Waals surface area contributed by atoms with E-state index in [1.165, 1.54) is 0 Å². The van der Waals surface area contributed by atoms with Crippen LogP contribution in [-0.2, 0) is 6.54 Å². The Hall–Kier alpha value is -2.67. The van der Waals surface area contributed by atoms with Crippen molar-refractivity contribution in [1.29, 1.82) is 0 Å². The predicted molar refractivity (Wildman–Crippen MR) is 94.5 cm³/mol. The summed E-state index contributed by atoms with van der Waals surface area (Å²) >= 11 is 0. The monoisotopic (exact) mass is 338 g/mol. The zero-order valence-electron chi connectivity index (χ0n) is 14.2. The third-order valence-corrected chi connectivity index (χ3v) is 4.77. The normalized spacial score (nSPS) is 23.0. The fourth-order valence-electron chi connectivity index (χ4n) is 3.54. The van der Waals surface area contributed by atoms with Gasteiger partial charge in [-0.1, -0.05) is 6.07 Å². The largest absolute Gasteiger partial charge is 0.391 e. The molecular weight excluding hydrogens is 316 g/mol. The van der Waals surface area contributed by atoms with Crippen molar-refractivity contribution in [2.45, 2.75) is 38.5 Å². The van der Waals surface area contributed by atoms with Crippen molar-refractivity contribution in [3.8, 4) is 5.82 Å². The number of pyridine rings is 1. The maximum Gasteiger partial charge on any atom is 0.140 e. The molecule has 0 aromatic carbocycles. The molecule has 25 heavy (non-hydrogen) atoms. The molecule has 0 radical (unpaired) electrons. The van der Waals surface area contributed by atoms with Crippen molar-refractivity contribution < 1.29 is 5.11 Å². The molecule has 0 spiro atoms. The standard InChI is InChI=1S/C18H22N6O/c1-13-19-7-9-24(13)18-5-2-4-17(22-18)21-15-10-14(11-16(15)25)12-23-8-3-6-20-23/h2-9,14-16,25H,10-12H2,1H3,(H,21,22)/t14?,15-,16-/m1/s1. The van der Waals surface area contributed by atoms with Crippen molar-refractivity contribution in [1.82, 2.24) is 24.3 Å². The van der Waals surface area contributed by atoms with Crippen molar-refractivity contribution in [3.63, 3.8) is 0 Å². The predicted octanol–water partition coefficient (Wildman–Crippen LogP) is 2.02. The molecule has 1 fully saturated rings. The molecule has 130 valence electrons. The number of anilines is 1. The molecular formula is C18H22N6O. The number of hydrogen-bond donors (Lipinski definition) is 2. The third kappa shape index (κ3) is 3.41. The summed E-state index contributed by atoms with van der Waals surface area (Å²) in [6, 6.07) is 7.78. The van der Waals surface area contributed by atoms with Gasteiger partial charge in [0.05, 0.1) is 12.1 Å². The van der Waals surface area contributed by atoms with Gasteiger partial charge >= 0.3 is 0 Å². The Labute approximate surface area is 146 Å². The molecule has 3 heterocycles. The van der Waals surface area contributed by atoms with Crippen LogP contribution in [0.1, 0.15) is 18.7 Å². The number of aliphatic hydroxyl groups excluding tert-OH is 1. The lowest BCUT2D eigenvalue weighted by Crippen LogP contribution is -2.28. The maximum atomic E-state index is 10.4. The van der Waals surface area contributed by atoms with Gasteiger partial charge in [-0.3, -0.25) is 9.25 Å². The first kappa shape index (κ1) is 15.8. The van der Waals surface area contributed by atoms with E-state index in [2.05, 4.69) is 20.4 Å². The highest BCUT2D eigenvalue weighted by Crippen LogP contribution is 2.29. The fourth-order valence-corrected chi connectivity index (χ4v) is 3.54. The van der Waals surface area contributed by atoms with Gasteiger partial charge in [-0.15, -0.1) is 0 Å². The molecule has 3 atom stereocenters. The van der Waals surface area contributed by atoms with Crippen molar-refractivity contribution >= 4 is 5.82 Å². The fraction of sp³-hybridized carbons (Fsp3) is 0.389. The molecule has 3 aromatic heterocycles. The van der Waals surface area contributed by atoms with Gasteiger partial charge in [0.25, 0.3) is 0 Å². The summed E-state index contributed by atoms with van der Waals surface area (Å²) in [6.07, 6.45) is 8.71. The molecule has 0 saturated heterocycles. The molecule has 0 amide bonds. The zero-order valence-corrected chi connectivity index (χ0v) is 14.2. The first-order valence-electron chi connectivity index (χ1n) is 8.58. The third-order valence-electron chi connectivity index (χ3n) is 4.77. The minimum Gasteiger partial charge on any atom is -0.391 e. The molecule has 1 aliphatic carbocycles. The Balaban J connectivity index is 1.44. The van der Waals surface area contributed by atoms with Crippen LogP contribution >= 0.6 is 0 Å². The number of aryl methyl sites for hydroxylation is 1. The van der Waals surface area contributed by atoms with Gasteiger partial charge < -0.3 is 10.4 Å². The lowest BCUT2D eigenvalue weighted by atomic mass is 10.1. The molecule has 1 saturated carbocycles. The minimum atomic E-state index is -0.374. The van der Waals surface area contributed by atoms with E-state index in [0.717, 1.165) is 36.8 Å². The van der Waals surface area contributed by atoms with Gasteiger partial charge in [0, 0.05) is 31.3 Å². The second-order valence-corrected chi connectivity index (χ2v) is 6.61. The van der Waals surface area contributed by atoms with Crippen LogP contribution in [-0.4, -0.2) is 41.6 Å². The zero-order chi connectivity index (χ0) is 17.2. The van der Waals surface area contributed by atoms with E-state index < -0.39 is 0 Å². The van der Waals surface area contributed by atoms with Crippen LogP contribution in [0.3, 0.4) is 0 Å². The summed E-state index contributed by atoms with van der Waals surface area (Å²) in [5.74, 6) is 2.89. The summed E-state index contributed by atoms with van der Waals surface area (Å²) in [7, 11) is 0. The van der Waals surface area contributed by atoms with Crippen molar-refractivity contribution in [2.75, 3.05) is 5.32 Å². The van der Waals surface area contributed by atoms with Gasteiger partial charge in [-0.2, -0.15) is 5.10 Å². The maximum absolute atomic E-state index is 10.4. The van der Waals surface area contributed by atoms with Gasteiger partial charge in [0.2, 0.25) is 0 Å². The Bertz CT molecular complexity index is 828. The van der Waals surface area contributed by atoms with Crippen LogP contribution in [0.5, 0.6) is 0 Å². The SMILES string of the molecule is Cc1nccn1-c1cccc(N[C@@H]2CC(Cn3cccn3)C[C@H]2O)n1. The smallest absolute Gasteiger partial charge is 0.140 e. The van der Waals surface area contributed by atoms with E-state index in [9.17, 15) is 5.11 Å². The highest BCUT2D eigenvalue weighted by atomic mass is 16.3. The molecule has 0 aliphatic heterocycles. The van der Waals surface area contributed by atoms with Gasteiger partial charge in [0.15, 0.2) is 0 Å². The van der Waals surface area contributed by atoms with E-state index in [1.54, 1.807) is 12.4 Å². The lowest BCUT2D eigenvalue weighted by molar-refractivity contribution is 0.166. The molecule has 2 N–H and O–H groups in total. The van der Waals surface area contributed by atoms with E-state index in [0.29, 0.717) is 5.92 Å². The Morgan fingerprint density at radius 1 is 1.20 bits per heavy atom. The number of aromatic nitrogens is 5. The summed E-state index contributed by atoms with van der Waals surface area (Å²) in [4.78, 5) is 8.90. The van der Waals surface area contributed by atoms with Gasteiger partial charge in [0.1, 0.15) is 17.5 Å². The van der Waals surface area contributed by atoms with Crippen LogP contribution < -0.4 is 5.32 Å². The number of rotatable bonds is 5. The molecule has 7 heteroatoms. The number of nitrogens with one attached hydrogen (secondary N) is 1. The quantitative estimate of drug-likeness (QED) is 0.744. The van der Waals surface area contributed by atoms with Gasteiger partial charge in [-0.25, -0.2) is 9.97 Å². The average Bonchev–Trinajstić information content (AvgIpc) is 3.32. The number of imidazole rings is 1. The van der Waals surface area contributed by atoms with Crippen molar-refractivity contribution in [2.24, 2.45) is 5.92 Å². The highest BCUT2D eigenvalue weighted by molar-refractivity contribution is 5.41. The summed E-state index contributed by atoms with van der Waals surface area (Å²) < 4.78 is 3.87. The van der Waals surface area contributed by atoms with E-state index in [4.69, 9.17) is 0 Å². The van der Waals surface area contributed by atoms with Crippen molar-refractivity contribution in [3.05, 3.63) is 54.9 Å². The minimum absolute atomic E-state index is 0.00666. The second kappa shape index (κ2) is 6.68. The molecule has 1 aliphatic rings. The van der Waals surface area contributed by atoms with Crippen LogP contribution in [0.4, 0.5) is 5.82 Å². The number of nitrogens with zero attached hydrogens (tertiary/aromatic N) is 5. The van der Waals surface area contributed by atoms with Crippen LogP contribution in [0.25, 0.3) is 5.82 Å². The highest BCUT2D eigenvalue weighted by Gasteiger charge is 2.33. The Morgan fingerprint density at radius 2 is 2.12 bits per heavy atom. The lowest BCUT2D eigenvalue weighted by Gasteiger charge is -2.17. The van der Waals surface area contributed by atoms with Crippen LogP contribution in [0.15, 0.2) is 49.1 Å². The Kier molecular flexibility index (Phi) is 4.23. The second-order valence-electron chi connectivity index (χ2n) is 6.61. The number of hydrogen-bond acceptors (Lipinski definition) is 5. The van der Waals surface area contributed by atoms with E-state index >= 15 is 0 Å².